The zero-order chi connectivity index (χ0) is 22.2. The summed E-state index contributed by atoms with van der Waals surface area (Å²) >= 11 is 0. The fourth-order valence-electron chi connectivity index (χ4n) is 3.93. The zero-order valence-electron chi connectivity index (χ0n) is 17.6. The van der Waals surface area contributed by atoms with Crippen LogP contribution in [0.15, 0.2) is 71.6 Å². The minimum atomic E-state index is -3.68. The lowest BCUT2D eigenvalue weighted by Crippen LogP contribution is -2.35. The van der Waals surface area contributed by atoms with Gasteiger partial charge in [-0.15, -0.1) is 0 Å². The van der Waals surface area contributed by atoms with Crippen molar-refractivity contribution in [1.29, 1.82) is 0 Å². The van der Waals surface area contributed by atoms with Crippen LogP contribution in [0.1, 0.15) is 28.4 Å². The highest BCUT2D eigenvalue weighted by Crippen LogP contribution is 2.37. The normalized spacial score (nSPS) is 15.5. The summed E-state index contributed by atoms with van der Waals surface area (Å²) in [5.41, 5.74) is 3.50. The molecule has 0 bridgehead atoms. The quantitative estimate of drug-likeness (QED) is 0.643. The predicted molar refractivity (Wildman–Crippen MR) is 121 cm³/mol. The fourth-order valence-corrected chi connectivity index (χ4v) is 5.64. The van der Waals surface area contributed by atoms with Crippen LogP contribution in [0, 0.1) is 6.92 Å². The number of hydrogen-bond donors (Lipinski definition) is 1. The molecule has 0 saturated carbocycles. The van der Waals surface area contributed by atoms with Gasteiger partial charge in [-0.3, -0.25) is 9.10 Å². The standard InChI is InChI=1S/C24H24N2O4S/c1-16-9-12-23(30-3)21(13-16)25-24(27)18-10-11-22-19(15-18)14-17(2)26(22)31(28,29)20-7-5-4-6-8-20/h4-13,15,17H,14H2,1-3H3,(H,25,27)/t17-/m1/s1. The highest BCUT2D eigenvalue weighted by atomic mass is 32.2. The van der Waals surface area contributed by atoms with E-state index in [4.69, 9.17) is 4.74 Å². The van der Waals surface area contributed by atoms with Crippen molar-refractivity contribution >= 4 is 27.3 Å². The summed E-state index contributed by atoms with van der Waals surface area (Å²) < 4.78 is 33.2. The van der Waals surface area contributed by atoms with Gasteiger partial charge in [0.1, 0.15) is 5.75 Å². The summed E-state index contributed by atoms with van der Waals surface area (Å²) in [7, 11) is -2.13. The summed E-state index contributed by atoms with van der Waals surface area (Å²) in [6, 6.07) is 18.9. The van der Waals surface area contributed by atoms with Crippen molar-refractivity contribution in [2.24, 2.45) is 0 Å². The van der Waals surface area contributed by atoms with Gasteiger partial charge in [-0.05, 0) is 73.9 Å². The van der Waals surface area contributed by atoms with E-state index < -0.39 is 10.0 Å². The number of nitrogens with zero attached hydrogens (tertiary/aromatic N) is 1. The van der Waals surface area contributed by atoms with Gasteiger partial charge in [-0.2, -0.15) is 0 Å². The molecule has 1 amide bonds. The summed E-state index contributed by atoms with van der Waals surface area (Å²) in [5.74, 6) is 0.303. The second kappa shape index (κ2) is 8.07. The van der Waals surface area contributed by atoms with Gasteiger partial charge in [-0.1, -0.05) is 24.3 Å². The average Bonchev–Trinajstić information content (AvgIpc) is 3.10. The number of ether oxygens (including phenoxy) is 1. The van der Waals surface area contributed by atoms with Crippen molar-refractivity contribution < 1.29 is 17.9 Å². The molecule has 1 atom stereocenters. The Balaban J connectivity index is 1.64. The van der Waals surface area contributed by atoms with Gasteiger partial charge in [0.15, 0.2) is 0 Å². The topological polar surface area (TPSA) is 75.7 Å². The van der Waals surface area contributed by atoms with Crippen molar-refractivity contribution in [3.63, 3.8) is 0 Å². The number of fused-ring (bicyclic) bond motifs is 1. The molecule has 3 aromatic rings. The molecule has 1 aliphatic heterocycles. The molecule has 6 nitrogen and oxygen atoms in total. The number of nitrogens with one attached hydrogen (secondary N) is 1. The van der Waals surface area contributed by atoms with Crippen LogP contribution in [-0.2, 0) is 16.4 Å². The molecule has 1 aliphatic rings. The zero-order valence-corrected chi connectivity index (χ0v) is 18.4. The van der Waals surface area contributed by atoms with Crippen LogP contribution in [0.5, 0.6) is 5.75 Å². The predicted octanol–water partition coefficient (Wildman–Crippen LogP) is 4.40. The number of sulfonamides is 1. The van der Waals surface area contributed by atoms with E-state index >= 15 is 0 Å². The Labute approximate surface area is 182 Å². The monoisotopic (exact) mass is 436 g/mol. The van der Waals surface area contributed by atoms with Crippen LogP contribution in [0.4, 0.5) is 11.4 Å². The molecule has 0 saturated heterocycles. The Morgan fingerprint density at radius 3 is 2.52 bits per heavy atom. The van der Waals surface area contributed by atoms with Crippen molar-refractivity contribution in [1.82, 2.24) is 0 Å². The Morgan fingerprint density at radius 2 is 1.81 bits per heavy atom. The van der Waals surface area contributed by atoms with Gasteiger partial charge in [0.25, 0.3) is 15.9 Å². The fraction of sp³-hybridized carbons (Fsp3) is 0.208. The number of rotatable bonds is 5. The molecular weight excluding hydrogens is 412 g/mol. The lowest BCUT2D eigenvalue weighted by Gasteiger charge is -2.24. The minimum absolute atomic E-state index is 0.240. The van der Waals surface area contributed by atoms with Crippen molar-refractivity contribution in [2.75, 3.05) is 16.7 Å². The second-order valence-corrected chi connectivity index (χ2v) is 9.48. The molecule has 0 fully saturated rings. The Hall–Kier alpha value is -3.32. The molecule has 3 aromatic carbocycles. The maximum Gasteiger partial charge on any atom is 0.264 e. The van der Waals surface area contributed by atoms with Crippen LogP contribution in [0.25, 0.3) is 0 Å². The summed E-state index contributed by atoms with van der Waals surface area (Å²) in [6.45, 7) is 3.81. The van der Waals surface area contributed by atoms with E-state index in [1.807, 2.05) is 32.0 Å². The molecule has 160 valence electrons. The average molecular weight is 437 g/mol. The third-order valence-electron chi connectivity index (χ3n) is 5.40. The maximum atomic E-state index is 13.2. The van der Waals surface area contributed by atoms with Gasteiger partial charge < -0.3 is 10.1 Å². The number of aryl methyl sites for hydroxylation is 1. The van der Waals surface area contributed by atoms with Crippen LogP contribution < -0.4 is 14.4 Å². The first kappa shape index (κ1) is 20.9. The number of benzene rings is 3. The summed E-state index contributed by atoms with van der Waals surface area (Å²) in [4.78, 5) is 13.1. The molecule has 0 aliphatic carbocycles. The van der Waals surface area contributed by atoms with E-state index in [-0.39, 0.29) is 16.8 Å². The highest BCUT2D eigenvalue weighted by Gasteiger charge is 2.36. The number of carbonyl (C=O) groups is 1. The number of amides is 1. The molecule has 1 heterocycles. The molecule has 0 spiro atoms. The van der Waals surface area contributed by atoms with E-state index in [0.717, 1.165) is 11.1 Å². The van der Waals surface area contributed by atoms with Gasteiger partial charge in [0.2, 0.25) is 0 Å². The van der Waals surface area contributed by atoms with E-state index in [1.165, 1.54) is 4.31 Å². The van der Waals surface area contributed by atoms with Gasteiger partial charge in [0.05, 0.1) is 23.4 Å². The molecule has 0 unspecified atom stereocenters. The van der Waals surface area contributed by atoms with Crippen LogP contribution in [0.2, 0.25) is 0 Å². The summed E-state index contributed by atoms with van der Waals surface area (Å²) in [6.07, 6.45) is 0.538. The lowest BCUT2D eigenvalue weighted by atomic mass is 10.1. The number of hydrogen-bond acceptors (Lipinski definition) is 4. The molecule has 31 heavy (non-hydrogen) atoms. The Bertz CT molecular complexity index is 1240. The van der Waals surface area contributed by atoms with Crippen LogP contribution in [0.3, 0.4) is 0 Å². The molecular formula is C24H24N2O4S. The molecule has 0 aromatic heterocycles. The maximum absolute atomic E-state index is 13.2. The SMILES string of the molecule is COc1ccc(C)cc1NC(=O)c1ccc2c(c1)C[C@@H](C)N2S(=O)(=O)c1ccccc1. The van der Waals surface area contributed by atoms with Crippen molar-refractivity contribution in [3.05, 3.63) is 83.4 Å². The van der Waals surface area contributed by atoms with Crippen molar-refractivity contribution in [3.8, 4) is 5.75 Å². The minimum Gasteiger partial charge on any atom is -0.495 e. The molecule has 1 N–H and O–H groups in total. The highest BCUT2D eigenvalue weighted by molar-refractivity contribution is 7.92. The van der Waals surface area contributed by atoms with E-state index in [9.17, 15) is 13.2 Å². The third-order valence-corrected chi connectivity index (χ3v) is 7.34. The first-order chi connectivity index (χ1) is 14.8. The van der Waals surface area contributed by atoms with Gasteiger partial charge in [0, 0.05) is 11.6 Å². The lowest BCUT2D eigenvalue weighted by molar-refractivity contribution is 0.102. The third kappa shape index (κ3) is 3.88. The van der Waals surface area contributed by atoms with Crippen LogP contribution >= 0.6 is 0 Å². The molecule has 7 heteroatoms. The number of methoxy groups -OCH3 is 1. The smallest absolute Gasteiger partial charge is 0.264 e. The number of anilines is 2. The molecule has 4 rings (SSSR count). The second-order valence-electron chi connectivity index (χ2n) is 7.67. The first-order valence-corrected chi connectivity index (χ1v) is 11.4. The van der Waals surface area contributed by atoms with E-state index in [0.29, 0.717) is 29.1 Å². The molecule has 0 radical (unpaired) electrons. The van der Waals surface area contributed by atoms with Crippen LogP contribution in [-0.4, -0.2) is 27.5 Å². The Kier molecular flexibility index (Phi) is 5.45. The van der Waals surface area contributed by atoms with Gasteiger partial charge in [-0.25, -0.2) is 8.42 Å². The number of carbonyl (C=O) groups excluding carboxylic acids is 1. The summed E-state index contributed by atoms with van der Waals surface area (Å²) in [5, 5.41) is 2.89. The van der Waals surface area contributed by atoms with E-state index in [2.05, 4.69) is 5.32 Å². The first-order valence-electron chi connectivity index (χ1n) is 9.99. The van der Waals surface area contributed by atoms with Crippen molar-refractivity contribution in [2.45, 2.75) is 31.2 Å². The van der Waals surface area contributed by atoms with Gasteiger partial charge >= 0.3 is 0 Å². The van der Waals surface area contributed by atoms with E-state index in [1.54, 1.807) is 55.6 Å². The Morgan fingerprint density at radius 1 is 1.06 bits per heavy atom. The largest absolute Gasteiger partial charge is 0.495 e.